The minimum atomic E-state index is -0.353. The van der Waals surface area contributed by atoms with E-state index in [0.29, 0.717) is 11.4 Å². The third-order valence-electron chi connectivity index (χ3n) is 3.77. The van der Waals surface area contributed by atoms with Gasteiger partial charge in [0.15, 0.2) is 5.76 Å². The van der Waals surface area contributed by atoms with Crippen LogP contribution in [-0.2, 0) is 9.59 Å². The van der Waals surface area contributed by atoms with E-state index in [1.54, 1.807) is 36.4 Å². The summed E-state index contributed by atoms with van der Waals surface area (Å²) in [5.74, 6) is -0.160. The van der Waals surface area contributed by atoms with Crippen molar-refractivity contribution in [3.8, 4) is 0 Å². The number of furan rings is 1. The van der Waals surface area contributed by atoms with E-state index in [2.05, 4.69) is 16.0 Å². The van der Waals surface area contributed by atoms with Crippen molar-refractivity contribution in [3.05, 3.63) is 48.4 Å². The van der Waals surface area contributed by atoms with Gasteiger partial charge in [-0.25, -0.2) is 0 Å². The zero-order valence-corrected chi connectivity index (χ0v) is 13.6. The number of anilines is 2. The normalized spacial score (nSPS) is 13.1. The fourth-order valence-electron chi connectivity index (χ4n) is 2.23. The molecule has 0 atom stereocenters. The average Bonchev–Trinajstić information content (AvgIpc) is 3.31. The number of rotatable bonds is 7. The van der Waals surface area contributed by atoms with Crippen molar-refractivity contribution in [2.75, 3.05) is 17.2 Å². The van der Waals surface area contributed by atoms with Crippen LogP contribution in [0, 0.1) is 5.92 Å². The van der Waals surface area contributed by atoms with Crippen LogP contribution < -0.4 is 16.0 Å². The molecular weight excluding hydrogens is 322 g/mol. The fourth-order valence-corrected chi connectivity index (χ4v) is 2.23. The summed E-state index contributed by atoms with van der Waals surface area (Å²) in [5, 5.41) is 8.18. The van der Waals surface area contributed by atoms with Crippen LogP contribution >= 0.6 is 0 Å². The molecule has 1 aliphatic carbocycles. The predicted octanol–water partition coefficient (Wildman–Crippen LogP) is 2.39. The molecule has 0 unspecified atom stereocenters. The van der Waals surface area contributed by atoms with Crippen LogP contribution in [0.5, 0.6) is 0 Å². The molecule has 1 aromatic carbocycles. The Morgan fingerprint density at radius 3 is 2.28 bits per heavy atom. The molecule has 7 nitrogen and oxygen atoms in total. The molecule has 3 N–H and O–H groups in total. The van der Waals surface area contributed by atoms with Crippen molar-refractivity contribution in [2.45, 2.75) is 19.3 Å². The quantitative estimate of drug-likeness (QED) is 0.720. The van der Waals surface area contributed by atoms with Gasteiger partial charge in [-0.15, -0.1) is 0 Å². The van der Waals surface area contributed by atoms with E-state index in [1.807, 2.05) is 0 Å². The van der Waals surface area contributed by atoms with E-state index in [9.17, 15) is 14.4 Å². The molecular formula is C18H19N3O4. The van der Waals surface area contributed by atoms with Crippen LogP contribution in [-0.4, -0.2) is 24.3 Å². The monoisotopic (exact) mass is 341 g/mol. The lowest BCUT2D eigenvalue weighted by Gasteiger charge is -2.08. The molecule has 1 aliphatic rings. The summed E-state index contributed by atoms with van der Waals surface area (Å²) in [6, 6.07) is 10.1. The molecule has 1 saturated carbocycles. The smallest absolute Gasteiger partial charge is 0.286 e. The number of nitrogens with one attached hydrogen (secondary N) is 3. The maximum absolute atomic E-state index is 11.9. The second-order valence-electron chi connectivity index (χ2n) is 5.87. The molecule has 2 aromatic rings. The summed E-state index contributed by atoms with van der Waals surface area (Å²) >= 11 is 0. The Balaban J connectivity index is 1.40. The Morgan fingerprint density at radius 2 is 1.68 bits per heavy atom. The number of carbonyl (C=O) groups is 3. The molecule has 0 spiro atoms. The minimum absolute atomic E-state index is 0.0454. The van der Waals surface area contributed by atoms with E-state index >= 15 is 0 Å². The summed E-state index contributed by atoms with van der Waals surface area (Å²) in [4.78, 5) is 35.2. The molecule has 3 rings (SSSR count). The van der Waals surface area contributed by atoms with E-state index in [-0.39, 0.29) is 42.4 Å². The van der Waals surface area contributed by atoms with Crippen molar-refractivity contribution in [1.29, 1.82) is 0 Å². The molecule has 25 heavy (non-hydrogen) atoms. The molecule has 1 fully saturated rings. The van der Waals surface area contributed by atoms with E-state index < -0.39 is 0 Å². The van der Waals surface area contributed by atoms with Gasteiger partial charge in [-0.05, 0) is 49.2 Å². The van der Waals surface area contributed by atoms with Gasteiger partial charge < -0.3 is 20.4 Å². The molecule has 1 aromatic heterocycles. The summed E-state index contributed by atoms with van der Waals surface area (Å²) in [7, 11) is 0. The first kappa shape index (κ1) is 16.8. The molecule has 0 radical (unpaired) electrons. The predicted molar refractivity (Wildman–Crippen MR) is 92.1 cm³/mol. The van der Waals surface area contributed by atoms with Gasteiger partial charge in [-0.1, -0.05) is 0 Å². The number of hydrogen-bond acceptors (Lipinski definition) is 4. The second-order valence-corrected chi connectivity index (χ2v) is 5.87. The lowest BCUT2D eigenvalue weighted by molar-refractivity contribution is -0.117. The topological polar surface area (TPSA) is 100 Å². The third-order valence-corrected chi connectivity index (χ3v) is 3.77. The highest BCUT2D eigenvalue weighted by molar-refractivity contribution is 5.95. The number of hydrogen-bond donors (Lipinski definition) is 3. The fraction of sp³-hybridized carbons (Fsp3) is 0.278. The Hall–Kier alpha value is -3.09. The first-order valence-corrected chi connectivity index (χ1v) is 8.14. The Bertz CT molecular complexity index is 749. The van der Waals surface area contributed by atoms with Gasteiger partial charge in [0.2, 0.25) is 11.8 Å². The second kappa shape index (κ2) is 7.65. The number of carbonyl (C=O) groups excluding carboxylic acids is 3. The van der Waals surface area contributed by atoms with Crippen LogP contribution in [0.25, 0.3) is 0 Å². The highest BCUT2D eigenvalue weighted by Gasteiger charge is 2.29. The highest BCUT2D eigenvalue weighted by Crippen LogP contribution is 2.30. The standard InChI is InChI=1S/C18H19N3O4/c22-16(9-10-19-18(24)15-2-1-11-25-15)20-13-5-7-14(8-6-13)21-17(23)12-3-4-12/h1-2,5-8,11-12H,3-4,9-10H2,(H,19,24)(H,20,22)(H,21,23). The zero-order valence-electron chi connectivity index (χ0n) is 13.6. The van der Waals surface area contributed by atoms with E-state index in [0.717, 1.165) is 12.8 Å². The van der Waals surface area contributed by atoms with Crippen molar-refractivity contribution in [3.63, 3.8) is 0 Å². The van der Waals surface area contributed by atoms with Crippen molar-refractivity contribution >= 4 is 29.1 Å². The lowest BCUT2D eigenvalue weighted by atomic mass is 10.2. The van der Waals surface area contributed by atoms with E-state index in [1.165, 1.54) is 6.26 Å². The SMILES string of the molecule is O=C(CCNC(=O)c1ccco1)Nc1ccc(NC(=O)C2CC2)cc1. The lowest BCUT2D eigenvalue weighted by Crippen LogP contribution is -2.27. The van der Waals surface area contributed by atoms with Crippen LogP contribution in [0.4, 0.5) is 11.4 Å². The van der Waals surface area contributed by atoms with Gasteiger partial charge in [-0.2, -0.15) is 0 Å². The highest BCUT2D eigenvalue weighted by atomic mass is 16.3. The van der Waals surface area contributed by atoms with Crippen molar-refractivity contribution in [1.82, 2.24) is 5.32 Å². The maximum Gasteiger partial charge on any atom is 0.286 e. The molecule has 130 valence electrons. The van der Waals surface area contributed by atoms with Crippen LogP contribution in [0.2, 0.25) is 0 Å². The van der Waals surface area contributed by atoms with Gasteiger partial charge in [0, 0.05) is 30.3 Å². The van der Waals surface area contributed by atoms with Crippen molar-refractivity contribution in [2.24, 2.45) is 5.92 Å². The van der Waals surface area contributed by atoms with Gasteiger partial charge >= 0.3 is 0 Å². The summed E-state index contributed by atoms with van der Waals surface area (Å²) in [6.45, 7) is 0.209. The largest absolute Gasteiger partial charge is 0.459 e. The van der Waals surface area contributed by atoms with Crippen LogP contribution in [0.15, 0.2) is 47.1 Å². The number of benzene rings is 1. The average molecular weight is 341 g/mol. The zero-order chi connectivity index (χ0) is 17.6. The molecule has 3 amide bonds. The van der Waals surface area contributed by atoms with Gasteiger partial charge in [0.05, 0.1) is 6.26 Å². The Morgan fingerprint density at radius 1 is 1.00 bits per heavy atom. The van der Waals surface area contributed by atoms with Gasteiger partial charge in [0.25, 0.3) is 5.91 Å². The number of amides is 3. The van der Waals surface area contributed by atoms with Crippen molar-refractivity contribution < 1.29 is 18.8 Å². The summed E-state index contributed by atoms with van der Waals surface area (Å²) in [5.41, 5.74) is 1.34. The molecule has 1 heterocycles. The van der Waals surface area contributed by atoms with Crippen LogP contribution in [0.3, 0.4) is 0 Å². The molecule has 0 aliphatic heterocycles. The minimum Gasteiger partial charge on any atom is -0.459 e. The first-order chi connectivity index (χ1) is 12.1. The summed E-state index contributed by atoms with van der Waals surface area (Å²) < 4.78 is 4.96. The van der Waals surface area contributed by atoms with Crippen LogP contribution in [0.1, 0.15) is 29.8 Å². The van der Waals surface area contributed by atoms with Gasteiger partial charge in [0.1, 0.15) is 0 Å². The first-order valence-electron chi connectivity index (χ1n) is 8.14. The van der Waals surface area contributed by atoms with E-state index in [4.69, 9.17) is 4.42 Å². The summed E-state index contributed by atoms with van der Waals surface area (Å²) in [6.07, 6.45) is 3.47. The van der Waals surface area contributed by atoms with Gasteiger partial charge in [-0.3, -0.25) is 14.4 Å². The molecule has 7 heteroatoms. The molecule has 0 bridgehead atoms. The Labute approximate surface area is 144 Å². The molecule has 0 saturated heterocycles. The maximum atomic E-state index is 11.9. The third kappa shape index (κ3) is 4.94. The Kier molecular flexibility index (Phi) is 5.13.